The zero-order chi connectivity index (χ0) is 26.5. The second kappa shape index (κ2) is 10.7. The predicted octanol–water partition coefficient (Wildman–Crippen LogP) is 10.9. The van der Waals surface area contributed by atoms with Crippen molar-refractivity contribution in [1.82, 2.24) is 0 Å². The van der Waals surface area contributed by atoms with Crippen LogP contribution < -0.4 is 0 Å². The molecule has 8 rings (SSSR count). The summed E-state index contributed by atoms with van der Waals surface area (Å²) in [6.07, 6.45) is 0. The molecular weight excluding hydrogens is 569 g/mol. The number of hydrogen-bond acceptors (Lipinski definition) is 0. The average molecular weight is 594 g/mol. The maximum Gasteiger partial charge on any atom is 0 e. The first-order chi connectivity index (χ1) is 19.9. The van der Waals surface area contributed by atoms with E-state index in [2.05, 4.69) is 146 Å². The van der Waals surface area contributed by atoms with E-state index in [0.717, 1.165) is 16.7 Å². The Morgan fingerprint density at radius 3 is 1.54 bits per heavy atom. The standard InChI is InChI=1S/C40H24.Y/c1-2-13-27(14-3-1)28-16-12-17-30(25-28)39-34-21-8-10-23-36(34)40(37-24-11-9-22-35(37)39)38-26-29-15-4-5-18-31(29)32-19-6-7-20-33(32)38;/h1-13,15-24,26H;/q-2;. The van der Waals surface area contributed by atoms with E-state index in [0.29, 0.717) is 0 Å². The Morgan fingerprint density at radius 1 is 0.366 bits per heavy atom. The van der Waals surface area contributed by atoms with E-state index in [1.807, 2.05) is 12.1 Å². The molecule has 1 radical (unpaired) electrons. The molecule has 0 unspecified atom stereocenters. The van der Waals surface area contributed by atoms with E-state index in [4.69, 9.17) is 0 Å². The molecule has 41 heavy (non-hydrogen) atoms. The molecule has 0 aromatic heterocycles. The van der Waals surface area contributed by atoms with Gasteiger partial charge in [-0.05, 0) is 60.3 Å². The summed E-state index contributed by atoms with van der Waals surface area (Å²) < 4.78 is 0. The van der Waals surface area contributed by atoms with Crippen LogP contribution in [0.3, 0.4) is 0 Å². The largest absolute Gasteiger partial charge is 0.209 e. The minimum atomic E-state index is 0. The van der Waals surface area contributed by atoms with Gasteiger partial charge in [-0.25, -0.2) is 5.56 Å². The molecule has 0 bridgehead atoms. The van der Waals surface area contributed by atoms with Crippen LogP contribution in [0.2, 0.25) is 0 Å². The predicted molar refractivity (Wildman–Crippen MR) is 170 cm³/mol. The SMILES string of the molecule is [Y].[c-]1ccccc1-c1[c-]c(-c2c3ccccc3c(-c3cc4ccccc4c4ccccc34)c3ccccc23)ccc1. The summed E-state index contributed by atoms with van der Waals surface area (Å²) in [5.74, 6) is 0. The Bertz CT molecular complexity index is 2150. The van der Waals surface area contributed by atoms with E-state index < -0.39 is 0 Å². The Morgan fingerprint density at radius 2 is 0.878 bits per heavy atom. The summed E-state index contributed by atoms with van der Waals surface area (Å²) in [6, 6.07) is 59.3. The number of rotatable bonds is 3. The van der Waals surface area contributed by atoms with E-state index in [1.165, 1.54) is 59.8 Å². The third kappa shape index (κ3) is 4.31. The number of fused-ring (bicyclic) bond motifs is 5. The maximum absolute atomic E-state index is 3.74. The van der Waals surface area contributed by atoms with Gasteiger partial charge in [0.05, 0.1) is 0 Å². The second-order valence-electron chi connectivity index (χ2n) is 10.3. The van der Waals surface area contributed by atoms with Gasteiger partial charge in [0.25, 0.3) is 0 Å². The molecule has 1 heteroatoms. The summed E-state index contributed by atoms with van der Waals surface area (Å²) in [7, 11) is 0. The van der Waals surface area contributed by atoms with Crippen molar-refractivity contribution in [1.29, 1.82) is 0 Å². The third-order valence-corrected chi connectivity index (χ3v) is 8.03. The normalized spacial score (nSPS) is 11.2. The van der Waals surface area contributed by atoms with Crippen molar-refractivity contribution in [2.24, 2.45) is 0 Å². The molecule has 0 amide bonds. The van der Waals surface area contributed by atoms with Crippen molar-refractivity contribution in [3.8, 4) is 33.4 Å². The van der Waals surface area contributed by atoms with E-state index in [9.17, 15) is 0 Å². The summed E-state index contributed by atoms with van der Waals surface area (Å²) in [6.45, 7) is 0. The average Bonchev–Trinajstić information content (AvgIpc) is 3.04. The summed E-state index contributed by atoms with van der Waals surface area (Å²) in [4.78, 5) is 0. The Labute approximate surface area is 265 Å². The topological polar surface area (TPSA) is 0 Å². The Kier molecular flexibility index (Phi) is 6.75. The molecule has 0 aliphatic carbocycles. The first kappa shape index (κ1) is 25.8. The fourth-order valence-corrected chi connectivity index (χ4v) is 6.30. The van der Waals surface area contributed by atoms with Gasteiger partial charge in [-0.1, -0.05) is 103 Å². The van der Waals surface area contributed by atoms with Crippen molar-refractivity contribution in [3.05, 3.63) is 158 Å². The fraction of sp³-hybridized carbons (Fsp3) is 0. The van der Waals surface area contributed by atoms with Crippen molar-refractivity contribution in [2.75, 3.05) is 0 Å². The maximum atomic E-state index is 3.74. The van der Waals surface area contributed by atoms with Gasteiger partial charge in [-0.15, -0.1) is 23.8 Å². The molecule has 8 aromatic rings. The van der Waals surface area contributed by atoms with Crippen molar-refractivity contribution >= 4 is 43.1 Å². The summed E-state index contributed by atoms with van der Waals surface area (Å²) in [5.41, 5.74) is 6.97. The van der Waals surface area contributed by atoms with Crippen molar-refractivity contribution in [3.63, 3.8) is 0 Å². The van der Waals surface area contributed by atoms with Gasteiger partial charge in [0.15, 0.2) is 0 Å². The zero-order valence-corrected chi connectivity index (χ0v) is 25.3. The van der Waals surface area contributed by atoms with E-state index in [-0.39, 0.29) is 32.7 Å². The molecule has 0 saturated heterocycles. The van der Waals surface area contributed by atoms with Gasteiger partial charge in [0.2, 0.25) is 0 Å². The van der Waals surface area contributed by atoms with Gasteiger partial charge >= 0.3 is 0 Å². The molecule has 8 aromatic carbocycles. The quantitative estimate of drug-likeness (QED) is 0.109. The molecule has 189 valence electrons. The van der Waals surface area contributed by atoms with Crippen molar-refractivity contribution in [2.45, 2.75) is 0 Å². The molecule has 0 nitrogen and oxygen atoms in total. The van der Waals surface area contributed by atoms with Crippen LogP contribution in [0.5, 0.6) is 0 Å². The van der Waals surface area contributed by atoms with Gasteiger partial charge < -0.3 is 0 Å². The molecule has 0 heterocycles. The summed E-state index contributed by atoms with van der Waals surface area (Å²) >= 11 is 0. The molecule has 0 aliphatic heterocycles. The smallest absolute Gasteiger partial charge is 0 e. The Hall–Kier alpha value is -4.10. The van der Waals surface area contributed by atoms with Crippen LogP contribution in [-0.2, 0) is 32.7 Å². The van der Waals surface area contributed by atoms with Gasteiger partial charge in [-0.3, -0.25) is 0 Å². The number of hydrogen-bond donors (Lipinski definition) is 0. The van der Waals surface area contributed by atoms with Crippen LogP contribution >= 0.6 is 0 Å². The first-order valence-corrected chi connectivity index (χ1v) is 13.7. The van der Waals surface area contributed by atoms with Crippen LogP contribution in [0.4, 0.5) is 0 Å². The van der Waals surface area contributed by atoms with Crippen LogP contribution in [0, 0.1) is 12.1 Å². The zero-order valence-electron chi connectivity index (χ0n) is 22.4. The minimum Gasteiger partial charge on any atom is -0.209 e. The molecule has 0 spiro atoms. The van der Waals surface area contributed by atoms with Crippen molar-refractivity contribution < 1.29 is 32.7 Å². The molecular formula is C40H24Y-2. The molecule has 0 atom stereocenters. The van der Waals surface area contributed by atoms with Crippen LogP contribution in [0.1, 0.15) is 0 Å². The minimum absolute atomic E-state index is 0. The van der Waals surface area contributed by atoms with Crippen LogP contribution in [0.25, 0.3) is 76.5 Å². The monoisotopic (exact) mass is 593 g/mol. The van der Waals surface area contributed by atoms with Crippen LogP contribution in [0.15, 0.2) is 146 Å². The molecule has 0 saturated carbocycles. The van der Waals surface area contributed by atoms with E-state index >= 15 is 0 Å². The van der Waals surface area contributed by atoms with Crippen LogP contribution in [-0.4, -0.2) is 0 Å². The molecule has 0 N–H and O–H groups in total. The molecule has 0 aliphatic rings. The Balaban J connectivity index is 0.00000276. The fourth-order valence-electron chi connectivity index (χ4n) is 6.30. The first-order valence-electron chi connectivity index (χ1n) is 13.7. The molecule has 0 fully saturated rings. The van der Waals surface area contributed by atoms with E-state index in [1.54, 1.807) is 0 Å². The number of benzene rings is 8. The van der Waals surface area contributed by atoms with Gasteiger partial charge in [-0.2, -0.15) is 42.0 Å². The third-order valence-electron chi connectivity index (χ3n) is 8.03. The summed E-state index contributed by atoms with van der Waals surface area (Å²) in [5, 5.41) is 10.1. The van der Waals surface area contributed by atoms with Gasteiger partial charge in [0.1, 0.15) is 0 Å². The second-order valence-corrected chi connectivity index (χ2v) is 10.3. The van der Waals surface area contributed by atoms with Gasteiger partial charge in [0, 0.05) is 32.7 Å².